The summed E-state index contributed by atoms with van der Waals surface area (Å²) in [5.74, 6) is 1.37. The number of hydrogen-bond donors (Lipinski definition) is 0. The average molecular weight is 1960 g/mol. The molecular formula is C112H118N32O3. The summed E-state index contributed by atoms with van der Waals surface area (Å²) in [5.41, 5.74) is 25.6. The number of aromatic nitrogens is 28. The topological polar surface area (TPSA) is 327 Å². The molecule has 21 aromatic rings. The number of amides is 3. The first kappa shape index (κ1) is 93.0. The Morgan fingerprint density at radius 1 is 0.293 bits per heavy atom. The normalized spacial score (nSPS) is 16.3. The number of piperidine rings is 4. The van der Waals surface area contributed by atoms with Gasteiger partial charge in [-0.1, -0.05) is 74.1 Å². The highest BCUT2D eigenvalue weighted by molar-refractivity contribution is 5.94. The van der Waals surface area contributed by atoms with Gasteiger partial charge in [-0.25, -0.2) is 19.9 Å². The molecule has 24 heterocycles. The quantitative estimate of drug-likeness (QED) is 0.0684. The Kier molecular flexibility index (Phi) is 26.0. The average Bonchev–Trinajstić information content (AvgIpc) is 1.64. The summed E-state index contributed by atoms with van der Waals surface area (Å²) in [6.45, 7) is 16.0. The van der Waals surface area contributed by atoms with Crippen LogP contribution in [0.25, 0.3) is 111 Å². The van der Waals surface area contributed by atoms with Crippen molar-refractivity contribution < 1.29 is 14.4 Å². The van der Waals surface area contributed by atoms with Gasteiger partial charge in [0.2, 0.25) is 11.8 Å². The van der Waals surface area contributed by atoms with Gasteiger partial charge < -0.3 is 37.2 Å². The fourth-order valence-corrected chi connectivity index (χ4v) is 22.3. The van der Waals surface area contributed by atoms with Gasteiger partial charge in [-0.05, 0) is 183 Å². The predicted octanol–water partition coefficient (Wildman–Crippen LogP) is 17.9. The number of carbonyl (C=O) groups excluding carboxylic acids is 3. The van der Waals surface area contributed by atoms with E-state index in [1.807, 2.05) is 250 Å². The van der Waals surface area contributed by atoms with Crippen molar-refractivity contribution in [3.05, 3.63) is 304 Å². The number of pyridine rings is 8. The van der Waals surface area contributed by atoms with Crippen LogP contribution in [0.15, 0.2) is 270 Å². The number of imidazole rings is 4. The highest BCUT2D eigenvalue weighted by Gasteiger charge is 2.35. The van der Waals surface area contributed by atoms with E-state index in [4.69, 9.17) is 20.4 Å². The second kappa shape index (κ2) is 41.1. The minimum absolute atomic E-state index is 0.106. The molecule has 35 nitrogen and oxygen atoms in total. The van der Waals surface area contributed by atoms with Gasteiger partial charge in [0.15, 0.2) is 0 Å². The molecule has 20 aromatic heterocycles. The van der Waals surface area contributed by atoms with Gasteiger partial charge in [0.25, 0.3) is 5.91 Å². The number of hydrogen-bond acceptors (Lipinski definition) is 20. The van der Waals surface area contributed by atoms with Crippen molar-refractivity contribution in [1.82, 2.24) is 155 Å². The maximum atomic E-state index is 12.9. The molecule has 3 amide bonds. The van der Waals surface area contributed by atoms with Gasteiger partial charge in [0, 0.05) is 195 Å². The Hall–Kier alpha value is -16.3. The van der Waals surface area contributed by atoms with Crippen LogP contribution in [-0.2, 0) is 35.8 Å². The van der Waals surface area contributed by atoms with Crippen LogP contribution < -0.4 is 0 Å². The van der Waals surface area contributed by atoms with Gasteiger partial charge in [-0.2, -0.15) is 40.8 Å². The maximum absolute atomic E-state index is 12.9. The van der Waals surface area contributed by atoms with Crippen LogP contribution in [0.5, 0.6) is 0 Å². The Labute approximate surface area is 848 Å². The Morgan fingerprint density at radius 2 is 0.578 bits per heavy atom. The molecule has 27 rings (SSSR count). The second-order valence-electron chi connectivity index (χ2n) is 40.5. The Morgan fingerprint density at radius 3 is 0.878 bits per heavy atom. The molecule has 0 atom stereocenters. The summed E-state index contributed by atoms with van der Waals surface area (Å²) in [5, 5.41) is 37.2. The molecule has 6 aliphatic rings. The smallest absolute Gasteiger partial charge is 0.253 e. The number of likely N-dealkylation sites (tertiary alicyclic amines) is 4. The summed E-state index contributed by atoms with van der Waals surface area (Å²) >= 11 is 0. The summed E-state index contributed by atoms with van der Waals surface area (Å²) in [7, 11) is 0. The van der Waals surface area contributed by atoms with E-state index in [0.29, 0.717) is 62.2 Å². The van der Waals surface area contributed by atoms with Gasteiger partial charge in [0.05, 0.1) is 170 Å². The Balaban J connectivity index is 0.000000105. The van der Waals surface area contributed by atoms with Crippen molar-refractivity contribution in [3.8, 4) is 44.5 Å². The molecule has 744 valence electrons. The van der Waals surface area contributed by atoms with E-state index < -0.39 is 0 Å². The summed E-state index contributed by atoms with van der Waals surface area (Å²) < 4.78 is 24.6. The molecule has 2 saturated carbocycles. The molecular weight excluding hydrogens is 1840 g/mol. The number of carbonyl (C=O) groups is 3. The molecule has 147 heavy (non-hydrogen) atoms. The highest BCUT2D eigenvalue weighted by Crippen LogP contribution is 2.37. The van der Waals surface area contributed by atoms with Crippen molar-refractivity contribution in [3.63, 3.8) is 0 Å². The van der Waals surface area contributed by atoms with Crippen LogP contribution in [0.2, 0.25) is 0 Å². The summed E-state index contributed by atoms with van der Waals surface area (Å²) in [6, 6.07) is 42.4. The molecule has 4 saturated heterocycles. The van der Waals surface area contributed by atoms with Gasteiger partial charge in [-0.3, -0.25) is 71.8 Å². The zero-order chi connectivity index (χ0) is 99.0. The molecule has 0 radical (unpaired) electrons. The third-order valence-corrected chi connectivity index (χ3v) is 30.9. The van der Waals surface area contributed by atoms with Crippen LogP contribution in [-0.4, -0.2) is 231 Å². The zero-order valence-corrected chi connectivity index (χ0v) is 83.0. The SMILES string of the molecule is CC(C)N1CCC(n2cc(-c3cnc4cnn(Cc5cnc6ccccn56)c4c3)cn2)CC1.Cc1ccc(C(=O)N2CCC(n3cc(-c4cnc5cnn(Cc6cnc7ccccn67)c5c4)cn3)CC2)cc1.O=C(C1CCCC1)N1CCC(n2cc(-c3cnc4cnn(Cc5cnc6ccccn56)c4c3)cn2)CC1.O=C(C1CCCCC1)N1CCC(n2cc(-c3cnc4cnn(Cc5cnc6ccccn56)c4c3)cn2)CC1. The largest absolute Gasteiger partial charge is 0.342 e. The van der Waals surface area contributed by atoms with E-state index >= 15 is 0 Å². The predicted molar refractivity (Wildman–Crippen MR) is 561 cm³/mol. The third-order valence-electron chi connectivity index (χ3n) is 30.9. The number of benzene rings is 1. The summed E-state index contributed by atoms with van der Waals surface area (Å²) in [6.07, 6.45) is 64.9. The third kappa shape index (κ3) is 19.6. The first-order chi connectivity index (χ1) is 72.2. The minimum Gasteiger partial charge on any atom is -0.342 e. The first-order valence-corrected chi connectivity index (χ1v) is 52.0. The standard InChI is InChI=1S/C30H28N8O.C29H32N8O.C28H30N8O.C25H28N8/c1-21-5-7-22(8-6-21)30(39)35-12-9-25(10-13-35)37-19-24(16-33-37)23-14-28-27(31-15-23)18-34-38(28)20-26-17-32-29-4-2-3-11-36(26)29;38-29(21-6-2-1-3-7-21)34-12-9-24(10-13-34)36-19-23(16-32-36)22-14-27-26(30-15-22)18-33-37(27)20-25-17-31-28-8-4-5-11-35(25)28;37-28(20-5-1-2-6-20)33-11-8-23(9-12-33)35-18-22(15-31-35)21-13-26-25(29-14-21)17-32-36(26)19-24-16-30-27-7-3-4-10-34(24)27;1-18(2)30-9-6-21(7-10-30)32-16-20(13-28-32)19-11-24-23(26-12-19)15-29-33(24)17-22-14-27-25-5-3-4-8-31(22)25/h2-8,11,14-19,25H,9-10,12-13,20H2,1H3;4-5,8,11,14-19,21,24H,1-3,6-7,9-10,12-13,20H2;3-4,7,10,13-18,20,23H,1-2,5-6,8-9,11-12,19H2;3-5,8,11-16,18,21H,6-7,9-10,17H2,1-2H3. The highest BCUT2D eigenvalue weighted by atomic mass is 16.2. The fourth-order valence-electron chi connectivity index (χ4n) is 22.3. The van der Waals surface area contributed by atoms with E-state index in [2.05, 4.69) is 170 Å². The van der Waals surface area contributed by atoms with Crippen molar-refractivity contribution in [2.75, 3.05) is 52.4 Å². The van der Waals surface area contributed by atoms with E-state index in [1.165, 1.54) is 32.1 Å². The van der Waals surface area contributed by atoms with Crippen molar-refractivity contribution in [2.24, 2.45) is 11.8 Å². The van der Waals surface area contributed by atoms with Crippen LogP contribution in [0.1, 0.15) is 186 Å². The molecule has 1 aromatic carbocycles. The second-order valence-corrected chi connectivity index (χ2v) is 40.5. The van der Waals surface area contributed by atoms with Gasteiger partial charge in [0.1, 0.15) is 44.7 Å². The van der Waals surface area contributed by atoms with Crippen LogP contribution >= 0.6 is 0 Å². The van der Waals surface area contributed by atoms with Gasteiger partial charge >= 0.3 is 0 Å². The van der Waals surface area contributed by atoms with Gasteiger partial charge in [-0.15, -0.1) is 0 Å². The molecule has 35 heteroatoms. The van der Waals surface area contributed by atoms with E-state index in [0.717, 1.165) is 275 Å². The lowest BCUT2D eigenvalue weighted by molar-refractivity contribution is -0.138. The van der Waals surface area contributed by atoms with Crippen molar-refractivity contribution >= 4 is 84.4 Å². The molecule has 6 fully saturated rings. The Bertz CT molecular complexity index is 8250. The van der Waals surface area contributed by atoms with Crippen molar-refractivity contribution in [2.45, 2.75) is 186 Å². The number of fused-ring (bicyclic) bond motifs is 8. The number of aryl methyl sites for hydroxylation is 1. The number of rotatable bonds is 20. The lowest BCUT2D eigenvalue weighted by atomic mass is 9.87. The van der Waals surface area contributed by atoms with E-state index in [9.17, 15) is 14.4 Å². The lowest BCUT2D eigenvalue weighted by Gasteiger charge is -2.35. The lowest BCUT2D eigenvalue weighted by Crippen LogP contribution is -2.42. The molecule has 0 N–H and O–H groups in total. The number of nitrogens with zero attached hydrogens (tertiary/aromatic N) is 32. The van der Waals surface area contributed by atoms with Crippen molar-refractivity contribution in [1.29, 1.82) is 0 Å². The monoisotopic (exact) mass is 1960 g/mol. The molecule has 2 aliphatic carbocycles. The van der Waals surface area contributed by atoms with E-state index in [1.54, 1.807) is 6.20 Å². The first-order valence-electron chi connectivity index (χ1n) is 52.0. The molecule has 0 unspecified atom stereocenters. The molecule has 0 bridgehead atoms. The summed E-state index contributed by atoms with van der Waals surface area (Å²) in [4.78, 5) is 84.0. The molecule has 4 aliphatic heterocycles. The van der Waals surface area contributed by atoms with E-state index in [-0.39, 0.29) is 23.8 Å². The minimum atomic E-state index is 0.106. The maximum Gasteiger partial charge on any atom is 0.253 e. The van der Waals surface area contributed by atoms with Crippen LogP contribution in [0.4, 0.5) is 0 Å². The molecule has 0 spiro atoms. The van der Waals surface area contributed by atoms with Crippen LogP contribution in [0, 0.1) is 18.8 Å². The zero-order valence-electron chi connectivity index (χ0n) is 83.0. The fraction of sp³-hybridized carbons (Fsp3) is 0.348. The van der Waals surface area contributed by atoms with Crippen LogP contribution in [0.3, 0.4) is 0 Å².